The highest BCUT2D eigenvalue weighted by atomic mass is 19.4. The number of rotatable bonds is 7. The summed E-state index contributed by atoms with van der Waals surface area (Å²) in [4.78, 5) is 23.0. The number of alkyl halides is 3. The van der Waals surface area contributed by atoms with Crippen molar-refractivity contribution in [1.82, 2.24) is 10.6 Å². The third kappa shape index (κ3) is 6.68. The molecule has 2 amide bonds. The van der Waals surface area contributed by atoms with Gasteiger partial charge in [0.1, 0.15) is 0 Å². The Hall–Kier alpha value is -2.09. The highest BCUT2D eigenvalue weighted by Crippen LogP contribution is 2.32. The van der Waals surface area contributed by atoms with Gasteiger partial charge in [0, 0.05) is 31.3 Å². The van der Waals surface area contributed by atoms with Gasteiger partial charge in [-0.05, 0) is 31.2 Å². The zero-order chi connectivity index (χ0) is 17.5. The van der Waals surface area contributed by atoms with Crippen LogP contribution in [0.25, 0.3) is 0 Å². The van der Waals surface area contributed by atoms with E-state index in [1.165, 1.54) is 13.0 Å². The smallest absolute Gasteiger partial charge is 0.351 e. The van der Waals surface area contributed by atoms with Gasteiger partial charge >= 0.3 is 6.18 Å². The Balaban J connectivity index is 2.87. The topological polar surface area (TPSA) is 70.2 Å². The molecule has 128 valence electrons. The van der Waals surface area contributed by atoms with E-state index in [0.717, 1.165) is 25.1 Å². The van der Waals surface area contributed by atoms with Crippen LogP contribution in [0, 0.1) is 0 Å². The number of nitrogens with one attached hydrogen (secondary N) is 3. The molecule has 5 nitrogen and oxygen atoms in total. The van der Waals surface area contributed by atoms with E-state index in [-0.39, 0.29) is 11.3 Å². The standard InChI is InChI=1S/C15H20F3N3O2/c1-3-4-19-5-6-20-14(23)11-7-12(15(16,17)18)9-13(8-11)21-10(2)22/h7-9,19H,3-6H2,1-2H3,(H,20,23)(H,21,22). The second-order valence-corrected chi connectivity index (χ2v) is 4.98. The van der Waals surface area contributed by atoms with Crippen molar-refractivity contribution in [2.45, 2.75) is 26.4 Å². The van der Waals surface area contributed by atoms with E-state index in [1.54, 1.807) is 0 Å². The minimum atomic E-state index is -4.60. The maximum absolute atomic E-state index is 12.9. The third-order valence-corrected chi connectivity index (χ3v) is 2.86. The Kier molecular flexibility index (Phi) is 7.02. The lowest BCUT2D eigenvalue weighted by atomic mass is 10.1. The Morgan fingerprint density at radius 2 is 1.78 bits per heavy atom. The monoisotopic (exact) mass is 331 g/mol. The van der Waals surface area contributed by atoms with Crippen LogP contribution < -0.4 is 16.0 Å². The van der Waals surface area contributed by atoms with E-state index in [4.69, 9.17) is 0 Å². The molecule has 1 rings (SSSR count). The van der Waals surface area contributed by atoms with Gasteiger partial charge in [0.2, 0.25) is 5.91 Å². The van der Waals surface area contributed by atoms with Gasteiger partial charge in [0.15, 0.2) is 0 Å². The van der Waals surface area contributed by atoms with Crippen molar-refractivity contribution >= 4 is 17.5 Å². The lowest BCUT2D eigenvalue weighted by Crippen LogP contribution is -2.32. The molecule has 0 atom stereocenters. The molecule has 0 unspecified atom stereocenters. The van der Waals surface area contributed by atoms with Gasteiger partial charge in [-0.3, -0.25) is 9.59 Å². The summed E-state index contributed by atoms with van der Waals surface area (Å²) >= 11 is 0. The average molecular weight is 331 g/mol. The molecule has 3 N–H and O–H groups in total. The quantitative estimate of drug-likeness (QED) is 0.672. The normalized spacial score (nSPS) is 11.2. The van der Waals surface area contributed by atoms with E-state index in [9.17, 15) is 22.8 Å². The highest BCUT2D eigenvalue weighted by Gasteiger charge is 2.31. The maximum atomic E-state index is 12.9. The number of benzene rings is 1. The lowest BCUT2D eigenvalue weighted by molar-refractivity contribution is -0.137. The minimum Gasteiger partial charge on any atom is -0.351 e. The summed E-state index contributed by atoms with van der Waals surface area (Å²) in [7, 11) is 0. The number of hydrogen-bond donors (Lipinski definition) is 3. The molecule has 23 heavy (non-hydrogen) atoms. The van der Waals surface area contributed by atoms with Gasteiger partial charge in [-0.15, -0.1) is 0 Å². The van der Waals surface area contributed by atoms with Crippen LogP contribution in [0.4, 0.5) is 18.9 Å². The van der Waals surface area contributed by atoms with Crippen LogP contribution in [0.15, 0.2) is 18.2 Å². The Morgan fingerprint density at radius 1 is 1.09 bits per heavy atom. The summed E-state index contributed by atoms with van der Waals surface area (Å²) < 4.78 is 38.7. The molecule has 1 aromatic carbocycles. The van der Waals surface area contributed by atoms with Gasteiger partial charge in [-0.25, -0.2) is 0 Å². The van der Waals surface area contributed by atoms with Crippen molar-refractivity contribution in [3.63, 3.8) is 0 Å². The summed E-state index contributed by atoms with van der Waals surface area (Å²) in [5.74, 6) is -1.14. The van der Waals surface area contributed by atoms with Crippen molar-refractivity contribution in [2.75, 3.05) is 25.0 Å². The first-order valence-electron chi connectivity index (χ1n) is 7.23. The lowest BCUT2D eigenvalue weighted by Gasteiger charge is -2.13. The minimum absolute atomic E-state index is 0.0680. The average Bonchev–Trinajstić information content (AvgIpc) is 2.45. The summed E-state index contributed by atoms with van der Waals surface area (Å²) in [5.41, 5.74) is -1.21. The Morgan fingerprint density at radius 3 is 2.35 bits per heavy atom. The number of anilines is 1. The molecular formula is C15H20F3N3O2. The molecule has 0 aromatic heterocycles. The van der Waals surface area contributed by atoms with Gasteiger partial charge in [-0.1, -0.05) is 6.92 Å². The molecule has 0 aliphatic rings. The van der Waals surface area contributed by atoms with E-state index in [2.05, 4.69) is 16.0 Å². The fourth-order valence-corrected chi connectivity index (χ4v) is 1.87. The van der Waals surface area contributed by atoms with Crippen LogP contribution in [-0.4, -0.2) is 31.4 Å². The molecule has 0 fully saturated rings. The molecular weight excluding hydrogens is 311 g/mol. The van der Waals surface area contributed by atoms with Crippen molar-refractivity contribution in [3.8, 4) is 0 Å². The molecule has 0 radical (unpaired) electrons. The number of hydrogen-bond acceptors (Lipinski definition) is 3. The largest absolute Gasteiger partial charge is 0.416 e. The number of amides is 2. The van der Waals surface area contributed by atoms with E-state index >= 15 is 0 Å². The number of carbonyl (C=O) groups is 2. The molecule has 0 aliphatic carbocycles. The van der Waals surface area contributed by atoms with Crippen LogP contribution in [0.3, 0.4) is 0 Å². The zero-order valence-electron chi connectivity index (χ0n) is 13.0. The van der Waals surface area contributed by atoms with Gasteiger partial charge in [0.25, 0.3) is 5.91 Å². The molecule has 0 aliphatic heterocycles. The summed E-state index contributed by atoms with van der Waals surface area (Å²) in [6, 6.07) is 2.77. The SMILES string of the molecule is CCCNCCNC(=O)c1cc(NC(C)=O)cc(C(F)(F)F)c1. The van der Waals surface area contributed by atoms with Crippen LogP contribution >= 0.6 is 0 Å². The van der Waals surface area contributed by atoms with Crippen LogP contribution in [-0.2, 0) is 11.0 Å². The van der Waals surface area contributed by atoms with E-state index in [1.807, 2.05) is 6.92 Å². The first-order valence-corrected chi connectivity index (χ1v) is 7.23. The van der Waals surface area contributed by atoms with Crippen LogP contribution in [0.1, 0.15) is 36.2 Å². The molecule has 0 spiro atoms. The summed E-state index contributed by atoms with van der Waals surface area (Å²) in [6.07, 6.45) is -3.66. The van der Waals surface area contributed by atoms with Gasteiger partial charge in [0.05, 0.1) is 5.56 Å². The maximum Gasteiger partial charge on any atom is 0.416 e. The van der Waals surface area contributed by atoms with Gasteiger partial charge < -0.3 is 16.0 Å². The molecule has 8 heteroatoms. The molecule has 1 aromatic rings. The predicted octanol–water partition coefficient (Wildman–Crippen LogP) is 2.39. The second-order valence-electron chi connectivity index (χ2n) is 4.98. The van der Waals surface area contributed by atoms with E-state index < -0.39 is 23.6 Å². The predicted molar refractivity (Wildman–Crippen MR) is 81.2 cm³/mol. The Bertz CT molecular complexity index is 559. The first kappa shape index (κ1) is 19.0. The number of carbonyl (C=O) groups excluding carboxylic acids is 2. The van der Waals surface area contributed by atoms with Crippen LogP contribution in [0.5, 0.6) is 0 Å². The van der Waals surface area contributed by atoms with Crippen molar-refractivity contribution < 1.29 is 22.8 Å². The fourth-order valence-electron chi connectivity index (χ4n) is 1.87. The first-order chi connectivity index (χ1) is 10.7. The number of halogens is 3. The molecule has 0 saturated carbocycles. The molecule has 0 saturated heterocycles. The molecule has 0 heterocycles. The second kappa shape index (κ2) is 8.52. The summed E-state index contributed by atoms with van der Waals surface area (Å²) in [5, 5.41) is 7.86. The molecule has 0 bridgehead atoms. The van der Waals surface area contributed by atoms with Crippen molar-refractivity contribution in [3.05, 3.63) is 29.3 Å². The van der Waals surface area contributed by atoms with Crippen molar-refractivity contribution in [1.29, 1.82) is 0 Å². The third-order valence-electron chi connectivity index (χ3n) is 2.86. The summed E-state index contributed by atoms with van der Waals surface area (Å²) in [6.45, 7) is 4.80. The Labute approximate surface area is 132 Å². The fraction of sp³-hybridized carbons (Fsp3) is 0.467. The van der Waals surface area contributed by atoms with Crippen molar-refractivity contribution in [2.24, 2.45) is 0 Å². The zero-order valence-corrected chi connectivity index (χ0v) is 13.0. The van der Waals surface area contributed by atoms with Crippen LogP contribution in [0.2, 0.25) is 0 Å². The highest BCUT2D eigenvalue weighted by molar-refractivity contribution is 5.97. The van der Waals surface area contributed by atoms with E-state index in [0.29, 0.717) is 13.1 Å². The van der Waals surface area contributed by atoms with Gasteiger partial charge in [-0.2, -0.15) is 13.2 Å².